The molecule has 0 aliphatic carbocycles. The molecule has 3 rings (SSSR count). The van der Waals surface area contributed by atoms with Gasteiger partial charge >= 0.3 is 0 Å². The summed E-state index contributed by atoms with van der Waals surface area (Å²) in [5, 5.41) is 0. The summed E-state index contributed by atoms with van der Waals surface area (Å²) in [4.78, 5) is 0. The lowest BCUT2D eigenvalue weighted by atomic mass is 10.3. The third-order valence-electron chi connectivity index (χ3n) is 2.58. The molecule has 1 fully saturated rings. The first-order valence-electron chi connectivity index (χ1n) is 5.69. The standard InChI is InChI=1S/C7H14O2.C6H4O/c1-4-6-5-8-7(2,3)9-6;1-2-6-4-3-5(1)7-6/h6H,4-5H2,1-3H3;1-4H. The van der Waals surface area contributed by atoms with Crippen LogP contribution in [0.15, 0.2) is 28.7 Å². The Hall–Kier alpha value is -1.06. The average molecular weight is 222 g/mol. The molecule has 0 radical (unpaired) electrons. The van der Waals surface area contributed by atoms with Crippen LogP contribution in [0.3, 0.4) is 0 Å². The Morgan fingerprint density at radius 1 is 1.19 bits per heavy atom. The van der Waals surface area contributed by atoms with E-state index in [1.165, 1.54) is 0 Å². The highest BCUT2D eigenvalue weighted by Crippen LogP contribution is 2.23. The van der Waals surface area contributed by atoms with Crippen LogP contribution in [0.5, 0.6) is 0 Å². The van der Waals surface area contributed by atoms with Crippen LogP contribution in [0.4, 0.5) is 0 Å². The van der Waals surface area contributed by atoms with Crippen molar-refractivity contribution in [2.45, 2.75) is 39.1 Å². The first kappa shape index (κ1) is 11.4. The first-order valence-corrected chi connectivity index (χ1v) is 5.69. The number of benzene rings is 1. The molecule has 1 atom stereocenters. The zero-order valence-electron chi connectivity index (χ0n) is 10.0. The molecule has 0 N–H and O–H groups in total. The lowest BCUT2D eigenvalue weighted by molar-refractivity contribution is -0.138. The van der Waals surface area contributed by atoms with Gasteiger partial charge in [0.25, 0.3) is 0 Å². The molecule has 1 saturated heterocycles. The monoisotopic (exact) mass is 222 g/mol. The van der Waals surface area contributed by atoms with E-state index in [1.54, 1.807) is 0 Å². The Morgan fingerprint density at radius 2 is 1.75 bits per heavy atom. The fraction of sp³-hybridized carbons (Fsp3) is 0.538. The number of rotatable bonds is 1. The number of hydrogen-bond donors (Lipinski definition) is 0. The van der Waals surface area contributed by atoms with E-state index in [-0.39, 0.29) is 5.79 Å². The summed E-state index contributed by atoms with van der Waals surface area (Å²) in [6.45, 7) is 6.75. The van der Waals surface area contributed by atoms with Gasteiger partial charge < -0.3 is 13.9 Å². The molecular formula is C13H18O3. The predicted octanol–water partition coefficient (Wildman–Crippen LogP) is 3.42. The number of hydrogen-bond acceptors (Lipinski definition) is 3. The maximum atomic E-state index is 5.48. The Labute approximate surface area is 95.7 Å². The lowest BCUT2D eigenvalue weighted by Gasteiger charge is -2.16. The molecule has 0 aromatic carbocycles. The lowest BCUT2D eigenvalue weighted by Crippen LogP contribution is -2.21. The molecule has 0 saturated carbocycles. The van der Waals surface area contributed by atoms with Crippen molar-refractivity contribution in [2.75, 3.05) is 6.61 Å². The van der Waals surface area contributed by atoms with E-state index in [1.807, 2.05) is 38.1 Å². The van der Waals surface area contributed by atoms with Gasteiger partial charge in [-0.15, -0.1) is 0 Å². The van der Waals surface area contributed by atoms with E-state index in [0.717, 1.165) is 24.2 Å². The van der Waals surface area contributed by atoms with Crippen molar-refractivity contribution >= 4 is 11.2 Å². The second-order valence-electron chi connectivity index (χ2n) is 4.43. The quantitative estimate of drug-likeness (QED) is 0.741. The van der Waals surface area contributed by atoms with Crippen molar-refractivity contribution in [3.8, 4) is 0 Å². The van der Waals surface area contributed by atoms with Gasteiger partial charge in [-0.3, -0.25) is 0 Å². The predicted molar refractivity (Wildman–Crippen MR) is 62.6 cm³/mol. The maximum absolute atomic E-state index is 5.48. The van der Waals surface area contributed by atoms with E-state index in [0.29, 0.717) is 6.10 Å². The molecule has 1 aliphatic heterocycles. The first-order chi connectivity index (χ1) is 7.59. The van der Waals surface area contributed by atoms with Crippen LogP contribution >= 0.6 is 0 Å². The molecule has 1 unspecified atom stereocenters. The van der Waals surface area contributed by atoms with Crippen LogP contribution in [0.1, 0.15) is 27.2 Å². The molecule has 1 aliphatic rings. The topological polar surface area (TPSA) is 31.6 Å². The van der Waals surface area contributed by atoms with Crippen LogP contribution in [0.25, 0.3) is 11.2 Å². The van der Waals surface area contributed by atoms with Crippen molar-refractivity contribution in [3.05, 3.63) is 24.3 Å². The SMILES string of the molecule is CCC1COC(C)(C)O1.c1cc2ccc1o2. The molecule has 2 aromatic rings. The van der Waals surface area contributed by atoms with E-state index in [9.17, 15) is 0 Å². The van der Waals surface area contributed by atoms with Gasteiger partial charge in [0, 0.05) is 0 Å². The fourth-order valence-corrected chi connectivity index (χ4v) is 1.68. The summed E-state index contributed by atoms with van der Waals surface area (Å²) >= 11 is 0. The zero-order valence-corrected chi connectivity index (χ0v) is 10.0. The number of ether oxygens (including phenoxy) is 2. The molecule has 16 heavy (non-hydrogen) atoms. The van der Waals surface area contributed by atoms with Crippen LogP contribution < -0.4 is 0 Å². The number of fused-ring (bicyclic) bond motifs is 2. The summed E-state index contributed by atoms with van der Waals surface area (Å²) in [7, 11) is 0. The van der Waals surface area contributed by atoms with Gasteiger partial charge in [0.05, 0.1) is 12.7 Å². The number of furan rings is 2. The van der Waals surface area contributed by atoms with Crippen molar-refractivity contribution in [2.24, 2.45) is 0 Å². The molecule has 3 nitrogen and oxygen atoms in total. The highest BCUT2D eigenvalue weighted by Gasteiger charge is 2.31. The molecule has 2 aromatic heterocycles. The van der Waals surface area contributed by atoms with Gasteiger partial charge in [0.15, 0.2) is 5.79 Å². The molecule has 3 heterocycles. The van der Waals surface area contributed by atoms with Gasteiger partial charge in [-0.2, -0.15) is 0 Å². The third-order valence-corrected chi connectivity index (χ3v) is 2.58. The van der Waals surface area contributed by atoms with E-state index in [2.05, 4.69) is 6.92 Å². The second-order valence-corrected chi connectivity index (χ2v) is 4.43. The van der Waals surface area contributed by atoms with Crippen LogP contribution in [-0.2, 0) is 9.47 Å². The molecule has 88 valence electrons. The zero-order chi connectivity index (χ0) is 11.6. The normalized spacial score (nSPS) is 23.3. The van der Waals surface area contributed by atoms with Crippen molar-refractivity contribution in [1.82, 2.24) is 0 Å². The van der Waals surface area contributed by atoms with Crippen molar-refractivity contribution in [3.63, 3.8) is 0 Å². The van der Waals surface area contributed by atoms with Gasteiger partial charge in [-0.25, -0.2) is 0 Å². The molecule has 3 heteroatoms. The fourth-order valence-electron chi connectivity index (χ4n) is 1.68. The Balaban J connectivity index is 0.000000123. The van der Waals surface area contributed by atoms with Crippen LogP contribution in [-0.4, -0.2) is 18.5 Å². The minimum absolute atomic E-state index is 0.319. The smallest absolute Gasteiger partial charge is 0.163 e. The van der Waals surface area contributed by atoms with Gasteiger partial charge in [-0.05, 0) is 44.5 Å². The minimum Gasteiger partial charge on any atom is -0.457 e. The summed E-state index contributed by atoms with van der Waals surface area (Å²) in [6.07, 6.45) is 1.36. The van der Waals surface area contributed by atoms with Gasteiger partial charge in [0.1, 0.15) is 11.2 Å². The summed E-state index contributed by atoms with van der Waals surface area (Å²) in [6, 6.07) is 7.81. The Kier molecular flexibility index (Phi) is 3.17. The summed E-state index contributed by atoms with van der Waals surface area (Å²) < 4.78 is 15.9. The van der Waals surface area contributed by atoms with Crippen LogP contribution in [0.2, 0.25) is 0 Å². The maximum Gasteiger partial charge on any atom is 0.163 e. The van der Waals surface area contributed by atoms with Crippen LogP contribution in [0, 0.1) is 0 Å². The van der Waals surface area contributed by atoms with E-state index in [4.69, 9.17) is 13.9 Å². The average Bonchev–Trinajstić information content (AvgIpc) is 2.94. The van der Waals surface area contributed by atoms with Crippen molar-refractivity contribution < 1.29 is 13.9 Å². The summed E-state index contributed by atoms with van der Waals surface area (Å²) in [5.41, 5.74) is 1.94. The molecule has 2 bridgehead atoms. The van der Waals surface area contributed by atoms with Gasteiger partial charge in [-0.1, -0.05) is 6.92 Å². The van der Waals surface area contributed by atoms with E-state index >= 15 is 0 Å². The molecule has 0 spiro atoms. The highest BCUT2D eigenvalue weighted by atomic mass is 16.7. The third kappa shape index (κ3) is 2.74. The summed E-state index contributed by atoms with van der Waals surface area (Å²) in [5.74, 6) is -0.333. The second kappa shape index (κ2) is 4.44. The Morgan fingerprint density at radius 3 is 1.94 bits per heavy atom. The molecule has 0 amide bonds. The molecular weight excluding hydrogens is 204 g/mol. The Bertz CT molecular complexity index is 373. The van der Waals surface area contributed by atoms with Crippen molar-refractivity contribution in [1.29, 1.82) is 0 Å². The largest absolute Gasteiger partial charge is 0.457 e. The van der Waals surface area contributed by atoms with E-state index < -0.39 is 0 Å². The minimum atomic E-state index is -0.333. The van der Waals surface area contributed by atoms with Gasteiger partial charge in [0.2, 0.25) is 0 Å². The highest BCUT2D eigenvalue weighted by molar-refractivity contribution is 5.59.